The molecule has 3 heteroatoms. The summed E-state index contributed by atoms with van der Waals surface area (Å²) < 4.78 is 0. The van der Waals surface area contributed by atoms with Gasteiger partial charge in [-0.2, -0.15) is 5.26 Å². The third-order valence-electron chi connectivity index (χ3n) is 5.23. The average Bonchev–Trinajstić information content (AvgIpc) is 2.67. The fraction of sp³-hybridized carbons (Fsp3) is 0.476. The number of nitrogens with zero attached hydrogens (tertiary/aromatic N) is 3. The van der Waals surface area contributed by atoms with Crippen LogP contribution in [-0.4, -0.2) is 9.97 Å². The first-order valence-corrected chi connectivity index (χ1v) is 9.12. The van der Waals surface area contributed by atoms with Gasteiger partial charge in [0.15, 0.2) is 5.82 Å². The van der Waals surface area contributed by atoms with E-state index >= 15 is 0 Å². The zero-order chi connectivity index (χ0) is 16.8. The van der Waals surface area contributed by atoms with E-state index in [0.717, 1.165) is 11.5 Å². The monoisotopic (exact) mass is 319 g/mol. The van der Waals surface area contributed by atoms with Gasteiger partial charge in [0, 0.05) is 18.0 Å². The molecule has 2 aromatic rings. The van der Waals surface area contributed by atoms with E-state index in [2.05, 4.69) is 41.2 Å². The molecular formula is C21H25N3. The van der Waals surface area contributed by atoms with Crippen molar-refractivity contribution in [3.8, 4) is 17.5 Å². The van der Waals surface area contributed by atoms with Crippen LogP contribution in [0, 0.1) is 17.2 Å². The van der Waals surface area contributed by atoms with Crippen LogP contribution < -0.4 is 0 Å². The zero-order valence-corrected chi connectivity index (χ0v) is 14.4. The van der Waals surface area contributed by atoms with Crippen molar-refractivity contribution in [2.24, 2.45) is 5.92 Å². The minimum absolute atomic E-state index is 0.496. The third-order valence-corrected chi connectivity index (χ3v) is 5.23. The van der Waals surface area contributed by atoms with Gasteiger partial charge >= 0.3 is 0 Å². The van der Waals surface area contributed by atoms with Gasteiger partial charge in [0.25, 0.3) is 0 Å². The van der Waals surface area contributed by atoms with E-state index in [1.54, 1.807) is 12.4 Å². The molecule has 3 nitrogen and oxygen atoms in total. The zero-order valence-electron chi connectivity index (χ0n) is 14.4. The van der Waals surface area contributed by atoms with Crippen molar-refractivity contribution in [1.29, 1.82) is 5.26 Å². The van der Waals surface area contributed by atoms with Gasteiger partial charge in [0.05, 0.1) is 5.56 Å². The van der Waals surface area contributed by atoms with Gasteiger partial charge in [-0.3, -0.25) is 0 Å². The molecular weight excluding hydrogens is 294 g/mol. The fourth-order valence-corrected chi connectivity index (χ4v) is 3.72. The molecule has 0 radical (unpaired) electrons. The Morgan fingerprint density at radius 1 is 1.04 bits per heavy atom. The molecule has 1 fully saturated rings. The maximum absolute atomic E-state index is 8.82. The van der Waals surface area contributed by atoms with Crippen molar-refractivity contribution in [2.75, 3.05) is 0 Å². The van der Waals surface area contributed by atoms with Gasteiger partial charge in [-0.05, 0) is 43.1 Å². The number of benzene rings is 1. The van der Waals surface area contributed by atoms with Gasteiger partial charge in [0.1, 0.15) is 6.07 Å². The molecule has 0 bridgehead atoms. The molecule has 124 valence electrons. The summed E-state index contributed by atoms with van der Waals surface area (Å²) in [5.74, 6) is 2.34. The van der Waals surface area contributed by atoms with E-state index in [-0.39, 0.29) is 0 Å². The van der Waals surface area contributed by atoms with Crippen molar-refractivity contribution in [1.82, 2.24) is 9.97 Å². The first-order chi connectivity index (χ1) is 11.8. The number of nitriles is 1. The molecule has 0 atom stereocenters. The molecule has 3 rings (SSSR count). The molecule has 1 aromatic carbocycles. The second-order valence-electron chi connectivity index (χ2n) is 6.89. The summed E-state index contributed by atoms with van der Waals surface area (Å²) in [4.78, 5) is 8.53. The van der Waals surface area contributed by atoms with Crippen molar-refractivity contribution >= 4 is 0 Å². The normalized spacial score (nSPS) is 20.5. The summed E-state index contributed by atoms with van der Waals surface area (Å²) in [5, 5.41) is 8.82. The van der Waals surface area contributed by atoms with Crippen LogP contribution in [0.25, 0.3) is 11.4 Å². The van der Waals surface area contributed by atoms with E-state index in [1.165, 1.54) is 50.5 Å². The molecule has 1 aliphatic rings. The van der Waals surface area contributed by atoms with Crippen LogP contribution in [0.4, 0.5) is 0 Å². The van der Waals surface area contributed by atoms with Gasteiger partial charge < -0.3 is 0 Å². The topological polar surface area (TPSA) is 49.6 Å². The van der Waals surface area contributed by atoms with Crippen LogP contribution in [0.5, 0.6) is 0 Å². The lowest BCUT2D eigenvalue weighted by molar-refractivity contribution is 0.304. The molecule has 0 N–H and O–H groups in total. The van der Waals surface area contributed by atoms with Crippen LogP contribution in [0.1, 0.15) is 68.9 Å². The minimum atomic E-state index is 0.496. The molecule has 1 aliphatic carbocycles. The van der Waals surface area contributed by atoms with E-state index in [0.29, 0.717) is 17.3 Å². The highest BCUT2D eigenvalue weighted by molar-refractivity contribution is 5.55. The summed E-state index contributed by atoms with van der Waals surface area (Å²) in [6.07, 6.45) is 12.7. The first-order valence-electron chi connectivity index (χ1n) is 9.12. The van der Waals surface area contributed by atoms with Crippen molar-refractivity contribution in [3.05, 3.63) is 47.8 Å². The molecule has 1 heterocycles. The van der Waals surface area contributed by atoms with E-state index in [1.807, 2.05) is 6.07 Å². The molecule has 24 heavy (non-hydrogen) atoms. The van der Waals surface area contributed by atoms with Crippen LogP contribution in [-0.2, 0) is 0 Å². The lowest BCUT2D eigenvalue weighted by Gasteiger charge is -2.28. The molecule has 1 aromatic heterocycles. The van der Waals surface area contributed by atoms with E-state index < -0.39 is 0 Å². The Labute approximate surface area is 144 Å². The first kappa shape index (κ1) is 16.6. The standard InChI is InChI=1S/C21H25N3/c1-2-3-4-16-5-7-18(8-6-16)19-9-11-20(12-10-19)21-23-14-17(13-22)15-24-21/h9-12,14-16,18H,2-8H2,1H3/t16-,18-. The fourth-order valence-electron chi connectivity index (χ4n) is 3.72. The van der Waals surface area contributed by atoms with Crippen LogP contribution in [0.2, 0.25) is 0 Å². The molecule has 0 aliphatic heterocycles. The second kappa shape index (κ2) is 8.06. The smallest absolute Gasteiger partial charge is 0.159 e. The van der Waals surface area contributed by atoms with Gasteiger partial charge in [-0.1, -0.05) is 50.5 Å². The largest absolute Gasteiger partial charge is 0.235 e. The average molecular weight is 319 g/mol. The van der Waals surface area contributed by atoms with Gasteiger partial charge in [-0.15, -0.1) is 0 Å². The van der Waals surface area contributed by atoms with Crippen molar-refractivity contribution in [3.63, 3.8) is 0 Å². The summed E-state index contributed by atoms with van der Waals surface area (Å²) in [7, 11) is 0. The summed E-state index contributed by atoms with van der Waals surface area (Å²) in [5.41, 5.74) is 2.96. The molecule has 0 saturated heterocycles. The highest BCUT2D eigenvalue weighted by atomic mass is 14.9. The Bertz CT molecular complexity index is 675. The Kier molecular flexibility index (Phi) is 5.59. The molecule has 0 unspecified atom stereocenters. The predicted octanol–water partition coefficient (Wildman–Crippen LogP) is 5.48. The minimum Gasteiger partial charge on any atom is -0.235 e. The number of aromatic nitrogens is 2. The summed E-state index contributed by atoms with van der Waals surface area (Å²) in [6, 6.07) is 10.7. The van der Waals surface area contributed by atoms with Crippen molar-refractivity contribution < 1.29 is 0 Å². The quantitative estimate of drug-likeness (QED) is 0.733. The number of hydrogen-bond acceptors (Lipinski definition) is 3. The van der Waals surface area contributed by atoms with Crippen molar-refractivity contribution in [2.45, 2.75) is 57.8 Å². The maximum Gasteiger partial charge on any atom is 0.159 e. The van der Waals surface area contributed by atoms with E-state index in [9.17, 15) is 0 Å². The van der Waals surface area contributed by atoms with Crippen LogP contribution in [0.15, 0.2) is 36.7 Å². The number of unbranched alkanes of at least 4 members (excludes halogenated alkanes) is 1. The number of rotatable bonds is 5. The Morgan fingerprint density at radius 3 is 2.29 bits per heavy atom. The Hall–Kier alpha value is -2.21. The highest BCUT2D eigenvalue weighted by Crippen LogP contribution is 2.38. The lowest BCUT2D eigenvalue weighted by atomic mass is 9.77. The Balaban J connectivity index is 1.61. The van der Waals surface area contributed by atoms with Crippen LogP contribution >= 0.6 is 0 Å². The summed E-state index contributed by atoms with van der Waals surface area (Å²) in [6.45, 7) is 2.28. The Morgan fingerprint density at radius 2 is 1.71 bits per heavy atom. The van der Waals surface area contributed by atoms with Crippen LogP contribution in [0.3, 0.4) is 0 Å². The lowest BCUT2D eigenvalue weighted by Crippen LogP contribution is -2.13. The molecule has 0 spiro atoms. The van der Waals surface area contributed by atoms with Gasteiger partial charge in [0.2, 0.25) is 0 Å². The SMILES string of the molecule is CCCC[C@H]1CC[C@H](c2ccc(-c3ncc(C#N)cn3)cc2)CC1. The molecule has 1 saturated carbocycles. The second-order valence-corrected chi connectivity index (χ2v) is 6.89. The molecule has 0 amide bonds. The third kappa shape index (κ3) is 4.00. The summed E-state index contributed by atoms with van der Waals surface area (Å²) >= 11 is 0. The maximum atomic E-state index is 8.82. The van der Waals surface area contributed by atoms with E-state index in [4.69, 9.17) is 5.26 Å². The highest BCUT2D eigenvalue weighted by Gasteiger charge is 2.21. The predicted molar refractivity (Wildman–Crippen MR) is 96.4 cm³/mol. The van der Waals surface area contributed by atoms with Gasteiger partial charge in [-0.25, -0.2) is 9.97 Å². The number of hydrogen-bond donors (Lipinski definition) is 0.